The first-order chi connectivity index (χ1) is 12.4. The minimum absolute atomic E-state index is 0.0612. The predicted molar refractivity (Wildman–Crippen MR) is 101 cm³/mol. The summed E-state index contributed by atoms with van der Waals surface area (Å²) < 4.78 is 11.5. The van der Waals surface area contributed by atoms with E-state index < -0.39 is 5.79 Å². The second-order valence-electron chi connectivity index (χ2n) is 7.29. The van der Waals surface area contributed by atoms with E-state index in [1.54, 1.807) is 18.3 Å². The number of halogens is 1. The number of anilines is 1. The zero-order valence-corrected chi connectivity index (χ0v) is 15.6. The molecule has 26 heavy (non-hydrogen) atoms. The predicted octanol–water partition coefficient (Wildman–Crippen LogP) is 5.04. The van der Waals surface area contributed by atoms with Crippen LogP contribution in [0.4, 0.5) is 5.82 Å². The van der Waals surface area contributed by atoms with Crippen molar-refractivity contribution in [2.45, 2.75) is 45.3 Å². The highest BCUT2D eigenvalue weighted by Crippen LogP contribution is 2.44. The summed E-state index contributed by atoms with van der Waals surface area (Å²) in [7, 11) is 0. The van der Waals surface area contributed by atoms with E-state index in [1.165, 1.54) is 0 Å². The number of pyridine rings is 1. The first kappa shape index (κ1) is 17.2. The van der Waals surface area contributed by atoms with Gasteiger partial charge in [0.15, 0.2) is 11.5 Å². The van der Waals surface area contributed by atoms with Crippen LogP contribution in [0, 0.1) is 5.92 Å². The molecule has 6 heteroatoms. The number of hydrogen-bond donors (Lipinski definition) is 1. The van der Waals surface area contributed by atoms with E-state index in [0.29, 0.717) is 22.3 Å². The van der Waals surface area contributed by atoms with Crippen molar-refractivity contribution < 1.29 is 14.3 Å². The number of ether oxygens (including phenoxy) is 2. The molecule has 0 atom stereocenters. The molecule has 0 radical (unpaired) electrons. The summed E-state index contributed by atoms with van der Waals surface area (Å²) in [6.07, 6.45) is 5.90. The molecule has 2 aliphatic rings. The van der Waals surface area contributed by atoms with Crippen molar-refractivity contribution in [3.8, 4) is 22.6 Å². The maximum atomic E-state index is 12.2. The highest BCUT2D eigenvalue weighted by Gasteiger charge is 2.32. The lowest BCUT2D eigenvalue weighted by atomic mass is 10.1. The smallest absolute Gasteiger partial charge is 0.246 e. The fourth-order valence-electron chi connectivity index (χ4n) is 3.51. The Morgan fingerprint density at radius 2 is 1.88 bits per heavy atom. The van der Waals surface area contributed by atoms with Gasteiger partial charge in [0.05, 0.1) is 5.02 Å². The van der Waals surface area contributed by atoms with Crippen LogP contribution in [0.15, 0.2) is 30.5 Å². The lowest BCUT2D eigenvalue weighted by Crippen LogP contribution is -2.29. The van der Waals surface area contributed by atoms with Crippen molar-refractivity contribution in [3.63, 3.8) is 0 Å². The van der Waals surface area contributed by atoms with Gasteiger partial charge in [0.1, 0.15) is 5.82 Å². The number of nitrogens with zero attached hydrogens (tertiary/aromatic N) is 1. The van der Waals surface area contributed by atoms with Gasteiger partial charge in [-0.15, -0.1) is 0 Å². The molecule has 0 unspecified atom stereocenters. The zero-order valence-electron chi connectivity index (χ0n) is 14.8. The molecule has 1 fully saturated rings. The van der Waals surface area contributed by atoms with Gasteiger partial charge in [0.25, 0.3) is 0 Å². The first-order valence-electron chi connectivity index (χ1n) is 8.90. The average molecular weight is 373 g/mol. The summed E-state index contributed by atoms with van der Waals surface area (Å²) in [5, 5.41) is 3.47. The average Bonchev–Trinajstić information content (AvgIpc) is 3.21. The normalized spacial score (nSPS) is 18.1. The number of hydrogen-bond acceptors (Lipinski definition) is 4. The molecular formula is C20H21ClN2O3. The van der Waals surface area contributed by atoms with Crippen LogP contribution in [0.1, 0.15) is 39.5 Å². The molecule has 136 valence electrons. The number of benzene rings is 1. The third-order valence-corrected chi connectivity index (χ3v) is 5.11. The van der Waals surface area contributed by atoms with Crippen molar-refractivity contribution in [1.29, 1.82) is 0 Å². The van der Waals surface area contributed by atoms with Crippen LogP contribution < -0.4 is 14.8 Å². The number of aromatic nitrogens is 1. The Morgan fingerprint density at radius 1 is 1.19 bits per heavy atom. The van der Waals surface area contributed by atoms with Crippen LogP contribution in [0.5, 0.6) is 11.5 Å². The molecule has 0 saturated heterocycles. The van der Waals surface area contributed by atoms with Crippen molar-refractivity contribution in [2.75, 3.05) is 5.32 Å². The molecule has 0 spiro atoms. The molecule has 1 aromatic carbocycles. The van der Waals surface area contributed by atoms with Gasteiger partial charge in [-0.2, -0.15) is 0 Å². The Morgan fingerprint density at radius 3 is 2.54 bits per heavy atom. The van der Waals surface area contributed by atoms with Gasteiger partial charge >= 0.3 is 0 Å². The van der Waals surface area contributed by atoms with Crippen molar-refractivity contribution in [1.82, 2.24) is 4.98 Å². The Labute approximate surface area is 157 Å². The molecule has 0 bridgehead atoms. The second-order valence-corrected chi connectivity index (χ2v) is 7.69. The molecule has 1 amide bonds. The van der Waals surface area contributed by atoms with Crippen LogP contribution in [-0.2, 0) is 4.79 Å². The summed E-state index contributed by atoms with van der Waals surface area (Å²) in [4.78, 5) is 16.6. The van der Waals surface area contributed by atoms with Crippen LogP contribution in [0.2, 0.25) is 5.02 Å². The summed E-state index contributed by atoms with van der Waals surface area (Å²) in [6, 6.07) is 7.32. The van der Waals surface area contributed by atoms with Crippen LogP contribution in [0.3, 0.4) is 0 Å². The van der Waals surface area contributed by atoms with E-state index in [9.17, 15) is 4.79 Å². The molecular weight excluding hydrogens is 352 g/mol. The third-order valence-electron chi connectivity index (χ3n) is 4.80. The van der Waals surface area contributed by atoms with Crippen LogP contribution in [0.25, 0.3) is 11.1 Å². The monoisotopic (exact) mass is 372 g/mol. The lowest BCUT2D eigenvalue weighted by molar-refractivity contribution is -0.119. The van der Waals surface area contributed by atoms with E-state index in [-0.39, 0.29) is 11.8 Å². The standard InChI is InChI=1S/C20H21ClN2O3/c1-20(2)25-16-9-14(15(21)10-17(16)26-20)13-7-8-18(22-11-13)23-19(24)12-5-3-4-6-12/h7-12H,3-6H2,1-2H3,(H,22,23,24). The molecule has 1 saturated carbocycles. The van der Waals surface area contributed by atoms with Crippen molar-refractivity contribution in [3.05, 3.63) is 35.5 Å². The summed E-state index contributed by atoms with van der Waals surface area (Å²) >= 11 is 6.41. The topological polar surface area (TPSA) is 60.5 Å². The van der Waals surface area contributed by atoms with Gasteiger partial charge in [-0.3, -0.25) is 4.79 Å². The number of nitrogens with one attached hydrogen (secondary N) is 1. The largest absolute Gasteiger partial charge is 0.449 e. The maximum Gasteiger partial charge on any atom is 0.246 e. The molecule has 1 aliphatic heterocycles. The molecule has 1 N–H and O–H groups in total. The zero-order chi connectivity index (χ0) is 18.3. The number of fused-ring (bicyclic) bond motifs is 1. The van der Waals surface area contributed by atoms with Gasteiger partial charge in [0, 0.05) is 43.2 Å². The van der Waals surface area contributed by atoms with E-state index in [1.807, 2.05) is 26.0 Å². The minimum atomic E-state index is -0.698. The molecule has 1 aliphatic carbocycles. The minimum Gasteiger partial charge on any atom is -0.449 e. The van der Waals surface area contributed by atoms with Gasteiger partial charge < -0.3 is 14.8 Å². The fraction of sp³-hybridized carbons (Fsp3) is 0.400. The fourth-order valence-corrected chi connectivity index (χ4v) is 3.77. The van der Waals surface area contributed by atoms with E-state index in [0.717, 1.165) is 36.8 Å². The van der Waals surface area contributed by atoms with Crippen LogP contribution in [-0.4, -0.2) is 16.7 Å². The maximum absolute atomic E-state index is 12.2. The second kappa shape index (κ2) is 6.47. The third kappa shape index (κ3) is 3.36. The Balaban J connectivity index is 1.53. The first-order valence-corrected chi connectivity index (χ1v) is 9.28. The van der Waals surface area contributed by atoms with E-state index in [4.69, 9.17) is 21.1 Å². The number of amides is 1. The Kier molecular flexibility index (Phi) is 4.27. The molecule has 2 aromatic rings. The molecule has 1 aromatic heterocycles. The highest BCUT2D eigenvalue weighted by atomic mass is 35.5. The van der Waals surface area contributed by atoms with E-state index >= 15 is 0 Å². The van der Waals surface area contributed by atoms with Gasteiger partial charge in [-0.05, 0) is 31.0 Å². The van der Waals surface area contributed by atoms with Crippen molar-refractivity contribution in [2.24, 2.45) is 5.92 Å². The number of carbonyl (C=O) groups excluding carboxylic acids is 1. The molecule has 2 heterocycles. The number of carbonyl (C=O) groups is 1. The lowest BCUT2D eigenvalue weighted by Gasteiger charge is -2.16. The van der Waals surface area contributed by atoms with E-state index in [2.05, 4.69) is 10.3 Å². The van der Waals surface area contributed by atoms with Gasteiger partial charge in [-0.1, -0.05) is 24.4 Å². The molecule has 4 rings (SSSR count). The SMILES string of the molecule is CC1(C)Oc2cc(Cl)c(-c3ccc(NC(=O)C4CCCC4)nc3)cc2O1. The van der Waals surface area contributed by atoms with Crippen LogP contribution >= 0.6 is 11.6 Å². The Hall–Kier alpha value is -2.27. The summed E-state index contributed by atoms with van der Waals surface area (Å²) in [6.45, 7) is 3.70. The summed E-state index contributed by atoms with van der Waals surface area (Å²) in [5.41, 5.74) is 1.66. The van der Waals surface area contributed by atoms with Gasteiger partial charge in [-0.25, -0.2) is 4.98 Å². The summed E-state index contributed by atoms with van der Waals surface area (Å²) in [5.74, 6) is 1.33. The van der Waals surface area contributed by atoms with Gasteiger partial charge in [0.2, 0.25) is 11.7 Å². The Bertz CT molecular complexity index is 843. The highest BCUT2D eigenvalue weighted by molar-refractivity contribution is 6.33. The quantitative estimate of drug-likeness (QED) is 0.820. The van der Waals surface area contributed by atoms with Crippen molar-refractivity contribution >= 4 is 23.3 Å². The molecule has 5 nitrogen and oxygen atoms in total. The number of rotatable bonds is 3.